The Kier molecular flexibility index (Phi) is 15.6. The minimum Gasteiger partial charge on any atom is -1.00 e. The number of aliphatic hydroxyl groups is 1. The molecule has 0 rings (SSSR count). The van der Waals surface area contributed by atoms with Crippen molar-refractivity contribution in [1.29, 1.82) is 0 Å². The standard InChI is InChI=1S/C13H28O5S.Na.H/c1-3-4-5-6-7-8-9-12(2)18-13(10-14)11-19(15,16)17;;/h12-14H,3-11H2,1-2H3,(H,15,16,17);;/q;+1;-1. The fraction of sp³-hybridized carbons (Fsp3) is 1.00. The first kappa shape index (κ1) is 23.1. The molecule has 0 aromatic carbocycles. The molecule has 20 heavy (non-hydrogen) atoms. The molecule has 0 bridgehead atoms. The number of rotatable bonds is 12. The van der Waals surface area contributed by atoms with Gasteiger partial charge >= 0.3 is 29.6 Å². The SMILES string of the molecule is CCCCCCCCC(C)OC(CO)CS(=O)(=O)O.[H-].[Na+]. The molecule has 0 aliphatic carbocycles. The predicted molar refractivity (Wildman–Crippen MR) is 76.9 cm³/mol. The van der Waals surface area contributed by atoms with Gasteiger partial charge in [0.1, 0.15) is 5.75 Å². The Morgan fingerprint density at radius 3 is 2.20 bits per heavy atom. The summed E-state index contributed by atoms with van der Waals surface area (Å²) >= 11 is 0. The molecule has 0 fully saturated rings. The van der Waals surface area contributed by atoms with Gasteiger partial charge in [0, 0.05) is 0 Å². The van der Waals surface area contributed by atoms with Crippen LogP contribution in [-0.4, -0.2) is 42.6 Å². The van der Waals surface area contributed by atoms with Crippen molar-refractivity contribution >= 4 is 10.1 Å². The minimum absolute atomic E-state index is 0. The van der Waals surface area contributed by atoms with Crippen molar-refractivity contribution in [2.45, 2.75) is 71.0 Å². The Labute approximate surface area is 147 Å². The molecule has 0 heterocycles. The van der Waals surface area contributed by atoms with E-state index in [2.05, 4.69) is 6.92 Å². The molecular weight excluding hydrogens is 291 g/mol. The summed E-state index contributed by atoms with van der Waals surface area (Å²) in [5.74, 6) is -0.551. The third kappa shape index (κ3) is 15.2. The van der Waals surface area contributed by atoms with E-state index in [1.807, 2.05) is 6.92 Å². The van der Waals surface area contributed by atoms with Crippen LogP contribution in [0.5, 0.6) is 0 Å². The van der Waals surface area contributed by atoms with E-state index < -0.39 is 28.6 Å². The Morgan fingerprint density at radius 1 is 1.15 bits per heavy atom. The topological polar surface area (TPSA) is 83.8 Å². The molecule has 0 aromatic rings. The van der Waals surface area contributed by atoms with Crippen molar-refractivity contribution in [3.63, 3.8) is 0 Å². The zero-order valence-corrected chi connectivity index (χ0v) is 15.9. The predicted octanol–water partition coefficient (Wildman–Crippen LogP) is -0.493. The van der Waals surface area contributed by atoms with Gasteiger partial charge in [-0.2, -0.15) is 8.42 Å². The van der Waals surface area contributed by atoms with Crippen LogP contribution in [0.4, 0.5) is 0 Å². The quantitative estimate of drug-likeness (QED) is 0.288. The monoisotopic (exact) mass is 320 g/mol. The van der Waals surface area contributed by atoms with Crippen LogP contribution >= 0.6 is 0 Å². The Hall–Kier alpha value is 0.830. The summed E-state index contributed by atoms with van der Waals surface area (Å²) in [7, 11) is -4.10. The molecule has 2 N–H and O–H groups in total. The van der Waals surface area contributed by atoms with Gasteiger partial charge in [-0.1, -0.05) is 45.4 Å². The van der Waals surface area contributed by atoms with Crippen LogP contribution in [0.2, 0.25) is 0 Å². The molecule has 0 amide bonds. The third-order valence-electron chi connectivity index (χ3n) is 2.99. The average Bonchev–Trinajstić information content (AvgIpc) is 2.31. The van der Waals surface area contributed by atoms with E-state index in [0.717, 1.165) is 19.3 Å². The van der Waals surface area contributed by atoms with Gasteiger partial charge in [-0.25, -0.2) is 0 Å². The summed E-state index contributed by atoms with van der Waals surface area (Å²) in [5.41, 5.74) is 0. The van der Waals surface area contributed by atoms with E-state index >= 15 is 0 Å². The summed E-state index contributed by atoms with van der Waals surface area (Å²) < 4.78 is 35.5. The van der Waals surface area contributed by atoms with E-state index in [-0.39, 0.29) is 37.1 Å². The van der Waals surface area contributed by atoms with Crippen LogP contribution < -0.4 is 29.6 Å². The molecule has 118 valence electrons. The largest absolute Gasteiger partial charge is 1.00 e. The number of hydrogen-bond donors (Lipinski definition) is 2. The molecule has 0 aliphatic rings. The summed E-state index contributed by atoms with van der Waals surface area (Å²) in [6, 6.07) is 0. The summed E-state index contributed by atoms with van der Waals surface area (Å²) in [6.45, 7) is 3.64. The van der Waals surface area contributed by atoms with Crippen molar-refractivity contribution in [3.05, 3.63) is 0 Å². The van der Waals surface area contributed by atoms with Gasteiger partial charge in [0.25, 0.3) is 10.1 Å². The van der Waals surface area contributed by atoms with E-state index in [9.17, 15) is 8.42 Å². The van der Waals surface area contributed by atoms with Crippen molar-refractivity contribution in [2.75, 3.05) is 12.4 Å². The fourth-order valence-electron chi connectivity index (χ4n) is 1.98. The molecule has 0 aliphatic heterocycles. The zero-order chi connectivity index (χ0) is 14.7. The number of ether oxygens (including phenoxy) is 1. The maximum absolute atomic E-state index is 10.7. The van der Waals surface area contributed by atoms with E-state index in [4.69, 9.17) is 14.4 Å². The van der Waals surface area contributed by atoms with Crippen LogP contribution in [0.15, 0.2) is 0 Å². The van der Waals surface area contributed by atoms with E-state index in [1.165, 1.54) is 25.7 Å². The van der Waals surface area contributed by atoms with Crippen LogP contribution in [0.25, 0.3) is 0 Å². The van der Waals surface area contributed by atoms with Gasteiger partial charge < -0.3 is 11.3 Å². The van der Waals surface area contributed by atoms with Crippen molar-refractivity contribution in [3.8, 4) is 0 Å². The van der Waals surface area contributed by atoms with E-state index in [0.29, 0.717) is 0 Å². The molecule has 0 spiro atoms. The van der Waals surface area contributed by atoms with Crippen molar-refractivity contribution < 1.29 is 53.8 Å². The van der Waals surface area contributed by atoms with Crippen LogP contribution in [-0.2, 0) is 14.9 Å². The van der Waals surface area contributed by atoms with Gasteiger partial charge in [0.2, 0.25) is 0 Å². The average molecular weight is 320 g/mol. The van der Waals surface area contributed by atoms with Crippen LogP contribution in [0.3, 0.4) is 0 Å². The van der Waals surface area contributed by atoms with Crippen LogP contribution in [0, 0.1) is 0 Å². The van der Waals surface area contributed by atoms with Gasteiger partial charge in [-0.15, -0.1) is 0 Å². The second kappa shape index (κ2) is 13.5. The summed E-state index contributed by atoms with van der Waals surface area (Å²) in [5, 5.41) is 9.01. The van der Waals surface area contributed by atoms with Crippen molar-refractivity contribution in [2.24, 2.45) is 0 Å². The normalized spacial score (nSPS) is 14.6. The van der Waals surface area contributed by atoms with Gasteiger partial charge in [0.05, 0.1) is 18.8 Å². The molecule has 0 aromatic heterocycles. The molecule has 0 saturated heterocycles. The minimum atomic E-state index is -4.10. The maximum Gasteiger partial charge on any atom is 1.00 e. The second-order valence-electron chi connectivity index (χ2n) is 5.06. The molecule has 2 atom stereocenters. The molecule has 0 radical (unpaired) electrons. The summed E-state index contributed by atoms with van der Waals surface area (Å²) in [4.78, 5) is 0. The molecule has 2 unspecified atom stereocenters. The number of aliphatic hydroxyl groups excluding tert-OH is 1. The fourth-order valence-corrected chi connectivity index (χ4v) is 2.63. The summed E-state index contributed by atoms with van der Waals surface area (Å²) in [6.07, 6.45) is 7.05. The maximum atomic E-state index is 10.7. The van der Waals surface area contributed by atoms with Gasteiger partial charge in [0.15, 0.2) is 0 Å². The van der Waals surface area contributed by atoms with Gasteiger partial charge in [-0.3, -0.25) is 4.55 Å². The molecule has 5 nitrogen and oxygen atoms in total. The number of hydrogen-bond acceptors (Lipinski definition) is 4. The van der Waals surface area contributed by atoms with Crippen LogP contribution in [0.1, 0.15) is 60.2 Å². The Bertz CT molecular complexity index is 314. The smallest absolute Gasteiger partial charge is 1.00 e. The zero-order valence-electron chi connectivity index (χ0n) is 14.0. The second-order valence-corrected chi connectivity index (χ2v) is 6.55. The third-order valence-corrected chi connectivity index (χ3v) is 3.78. The Morgan fingerprint density at radius 2 is 1.70 bits per heavy atom. The van der Waals surface area contributed by atoms with E-state index in [1.54, 1.807) is 0 Å². The molecule has 7 heteroatoms. The first-order chi connectivity index (χ1) is 8.89. The number of unbranched alkanes of at least 4 members (excludes halogenated alkanes) is 5. The first-order valence-corrected chi connectivity index (χ1v) is 8.71. The van der Waals surface area contributed by atoms with Gasteiger partial charge in [-0.05, 0) is 13.3 Å². The molecular formula is C13H29NaO5S. The first-order valence-electron chi connectivity index (χ1n) is 7.10. The Balaban J connectivity index is -0.00000162. The van der Waals surface area contributed by atoms with Crippen molar-refractivity contribution in [1.82, 2.24) is 0 Å². The molecule has 0 saturated carbocycles.